The van der Waals surface area contributed by atoms with E-state index in [1.807, 2.05) is 53.4 Å². The molecule has 5 aromatic rings. The lowest BCUT2D eigenvalue weighted by atomic mass is 10.2. The lowest BCUT2D eigenvalue weighted by Crippen LogP contribution is -2.27. The number of aryl methyl sites for hydroxylation is 2. The number of nitrogens with zero attached hydrogens (tertiary/aromatic N) is 7. The molecule has 11 heteroatoms. The molecule has 9 nitrogen and oxygen atoms in total. The first-order valence-corrected chi connectivity index (χ1v) is 12.7. The average Bonchev–Trinajstić information content (AvgIpc) is 3.28. The van der Waals surface area contributed by atoms with Crippen LogP contribution in [0.3, 0.4) is 0 Å². The topological polar surface area (TPSA) is 98.8 Å². The number of halogens is 1. The van der Waals surface area contributed by atoms with Gasteiger partial charge in [-0.3, -0.25) is 4.31 Å². The van der Waals surface area contributed by atoms with Crippen LogP contribution in [0.15, 0.2) is 48.8 Å². The third-order valence-electron chi connectivity index (χ3n) is 5.88. The van der Waals surface area contributed by atoms with E-state index < -0.39 is 10.0 Å². The third-order valence-corrected chi connectivity index (χ3v) is 7.28. The van der Waals surface area contributed by atoms with E-state index in [1.54, 1.807) is 18.5 Å². The van der Waals surface area contributed by atoms with E-state index in [0.29, 0.717) is 29.0 Å². The van der Waals surface area contributed by atoms with Gasteiger partial charge in [-0.05, 0) is 37.3 Å². The quantitative estimate of drug-likeness (QED) is 0.368. The van der Waals surface area contributed by atoms with Gasteiger partial charge in [0.1, 0.15) is 11.5 Å². The van der Waals surface area contributed by atoms with Crippen LogP contribution in [0.25, 0.3) is 33.7 Å². The third kappa shape index (κ3) is 3.78. The number of hydrogen-bond donors (Lipinski definition) is 0. The molecule has 0 radical (unpaired) electrons. The summed E-state index contributed by atoms with van der Waals surface area (Å²) in [6.07, 6.45) is 4.52. The zero-order chi connectivity index (χ0) is 24.2. The van der Waals surface area contributed by atoms with Gasteiger partial charge in [0.05, 0.1) is 23.8 Å². The second-order valence-electron chi connectivity index (χ2n) is 8.19. The Labute approximate surface area is 201 Å². The Hall–Kier alpha value is -3.50. The highest BCUT2D eigenvalue weighted by molar-refractivity contribution is 7.92. The molecular formula is C23H22ClN7O2S. The molecule has 0 saturated heterocycles. The molecule has 0 aliphatic heterocycles. The molecule has 174 valence electrons. The average molecular weight is 496 g/mol. The van der Waals surface area contributed by atoms with Gasteiger partial charge in [-0.15, -0.1) is 0 Å². The lowest BCUT2D eigenvalue weighted by Gasteiger charge is -2.19. The van der Waals surface area contributed by atoms with Crippen LogP contribution < -0.4 is 4.31 Å². The van der Waals surface area contributed by atoms with Gasteiger partial charge in [-0.2, -0.15) is 0 Å². The predicted molar refractivity (Wildman–Crippen MR) is 134 cm³/mol. The summed E-state index contributed by atoms with van der Waals surface area (Å²) in [6, 6.07) is 11.2. The van der Waals surface area contributed by atoms with Gasteiger partial charge in [0.15, 0.2) is 11.6 Å². The Balaban J connectivity index is 1.62. The lowest BCUT2D eigenvalue weighted by molar-refractivity contribution is 0.599. The van der Waals surface area contributed by atoms with E-state index >= 15 is 0 Å². The molecule has 0 unspecified atom stereocenters. The largest absolute Gasteiger partial charge is 0.325 e. The summed E-state index contributed by atoms with van der Waals surface area (Å²) in [5.41, 5.74) is 4.15. The van der Waals surface area contributed by atoms with Crippen LogP contribution >= 0.6 is 11.6 Å². The SMILES string of the molecule is Cc1cc2cnc(-c3nc4cc(Cl)ccc4n3C)nc2n1Cc1cccnc1N(C)S(C)(=O)=O. The van der Waals surface area contributed by atoms with Crippen molar-refractivity contribution in [2.45, 2.75) is 13.5 Å². The molecule has 0 atom stereocenters. The molecule has 0 N–H and O–H groups in total. The molecule has 4 aromatic heterocycles. The van der Waals surface area contributed by atoms with E-state index in [9.17, 15) is 8.42 Å². The number of pyridine rings is 1. The van der Waals surface area contributed by atoms with E-state index in [0.717, 1.165) is 39.6 Å². The molecule has 0 fully saturated rings. The maximum Gasteiger partial charge on any atom is 0.233 e. The van der Waals surface area contributed by atoms with E-state index in [4.69, 9.17) is 21.6 Å². The van der Waals surface area contributed by atoms with Gasteiger partial charge in [-0.1, -0.05) is 17.7 Å². The van der Waals surface area contributed by atoms with Crippen molar-refractivity contribution in [3.63, 3.8) is 0 Å². The monoisotopic (exact) mass is 495 g/mol. The first-order chi connectivity index (χ1) is 16.1. The molecule has 0 amide bonds. The minimum atomic E-state index is -3.46. The summed E-state index contributed by atoms with van der Waals surface area (Å²) in [5, 5.41) is 1.49. The summed E-state index contributed by atoms with van der Waals surface area (Å²) in [5.74, 6) is 1.50. The van der Waals surface area contributed by atoms with Crippen LogP contribution in [-0.4, -0.2) is 50.8 Å². The fourth-order valence-electron chi connectivity index (χ4n) is 4.02. The minimum Gasteiger partial charge on any atom is -0.325 e. The second kappa shape index (κ2) is 8.07. The molecule has 1 aromatic carbocycles. The van der Waals surface area contributed by atoms with Gasteiger partial charge < -0.3 is 9.13 Å². The molecule has 0 bridgehead atoms. The van der Waals surface area contributed by atoms with Crippen molar-refractivity contribution >= 4 is 49.5 Å². The Bertz CT molecular complexity index is 1670. The van der Waals surface area contributed by atoms with Gasteiger partial charge in [0, 0.05) is 48.2 Å². The number of anilines is 1. The number of hydrogen-bond acceptors (Lipinski definition) is 6. The highest BCUT2D eigenvalue weighted by Gasteiger charge is 2.20. The van der Waals surface area contributed by atoms with E-state index in [2.05, 4.69) is 9.97 Å². The zero-order valence-electron chi connectivity index (χ0n) is 19.1. The van der Waals surface area contributed by atoms with Gasteiger partial charge in [0.2, 0.25) is 10.0 Å². The van der Waals surface area contributed by atoms with Gasteiger partial charge >= 0.3 is 0 Å². The molecule has 34 heavy (non-hydrogen) atoms. The number of rotatable bonds is 5. The van der Waals surface area contributed by atoms with Crippen LogP contribution in [0.1, 0.15) is 11.3 Å². The van der Waals surface area contributed by atoms with Crippen molar-refractivity contribution in [1.82, 2.24) is 29.1 Å². The fourth-order valence-corrected chi connectivity index (χ4v) is 4.66. The maximum absolute atomic E-state index is 12.1. The molecule has 0 aliphatic rings. The maximum atomic E-state index is 12.1. The molecule has 4 heterocycles. The van der Waals surface area contributed by atoms with Crippen molar-refractivity contribution in [2.75, 3.05) is 17.6 Å². The van der Waals surface area contributed by atoms with E-state index in [1.165, 1.54) is 11.4 Å². The standard InChI is InChI=1S/C23H22ClN7O2S/c1-14-10-16-12-26-20(23-27-18-11-17(24)7-8-19(18)29(23)2)28-22(16)31(14)13-15-6-5-9-25-21(15)30(3)34(4,32)33/h5-12H,13H2,1-4H3. The number of sulfonamides is 1. The first-order valence-electron chi connectivity index (χ1n) is 10.5. The van der Waals surface area contributed by atoms with Crippen molar-refractivity contribution in [3.8, 4) is 11.6 Å². The van der Waals surface area contributed by atoms with E-state index in [-0.39, 0.29) is 0 Å². The van der Waals surface area contributed by atoms with Crippen LogP contribution in [-0.2, 0) is 23.6 Å². The van der Waals surface area contributed by atoms with Crippen LogP contribution in [0.4, 0.5) is 5.82 Å². The highest BCUT2D eigenvalue weighted by atomic mass is 35.5. The smallest absolute Gasteiger partial charge is 0.233 e. The number of fused-ring (bicyclic) bond motifs is 2. The predicted octanol–water partition coefficient (Wildman–Crippen LogP) is 3.79. The van der Waals surface area contributed by atoms with Crippen molar-refractivity contribution < 1.29 is 8.42 Å². The first kappa shape index (κ1) is 22.3. The summed E-state index contributed by atoms with van der Waals surface area (Å²) in [7, 11) is -0.0417. The minimum absolute atomic E-state index is 0.382. The number of aromatic nitrogens is 6. The van der Waals surface area contributed by atoms with Crippen LogP contribution in [0, 0.1) is 6.92 Å². The Morgan fingerprint density at radius 1 is 1.12 bits per heavy atom. The zero-order valence-corrected chi connectivity index (χ0v) is 20.6. The van der Waals surface area contributed by atoms with Crippen molar-refractivity contribution in [2.24, 2.45) is 7.05 Å². The molecule has 0 aliphatic carbocycles. The summed E-state index contributed by atoms with van der Waals surface area (Å²) >= 11 is 6.14. The molecule has 0 saturated carbocycles. The van der Waals surface area contributed by atoms with Gasteiger partial charge in [-0.25, -0.2) is 28.4 Å². The summed E-state index contributed by atoms with van der Waals surface area (Å²) in [4.78, 5) is 18.4. The van der Waals surface area contributed by atoms with Gasteiger partial charge in [0.25, 0.3) is 0 Å². The molecule has 0 spiro atoms. The Kier molecular flexibility index (Phi) is 5.29. The van der Waals surface area contributed by atoms with Crippen LogP contribution in [0.2, 0.25) is 5.02 Å². The normalized spacial score (nSPS) is 12.0. The Morgan fingerprint density at radius 2 is 1.91 bits per heavy atom. The second-order valence-corrected chi connectivity index (χ2v) is 10.6. The highest BCUT2D eigenvalue weighted by Crippen LogP contribution is 2.27. The molecular weight excluding hydrogens is 474 g/mol. The summed E-state index contributed by atoms with van der Waals surface area (Å²) in [6.45, 7) is 2.38. The van der Waals surface area contributed by atoms with Crippen molar-refractivity contribution in [1.29, 1.82) is 0 Å². The summed E-state index contributed by atoms with van der Waals surface area (Å²) < 4.78 is 29.4. The Morgan fingerprint density at radius 3 is 2.68 bits per heavy atom. The molecule has 5 rings (SSSR count). The fraction of sp³-hybridized carbons (Fsp3) is 0.217. The number of imidazole rings is 1. The van der Waals surface area contributed by atoms with Crippen LogP contribution in [0.5, 0.6) is 0 Å². The van der Waals surface area contributed by atoms with Crippen molar-refractivity contribution in [3.05, 3.63) is 65.1 Å². The number of benzene rings is 1.